The Morgan fingerprint density at radius 1 is 1.23 bits per heavy atom. The van der Waals surface area contributed by atoms with Crippen LogP contribution in [0.1, 0.15) is 20.9 Å². The second-order valence-corrected chi connectivity index (χ2v) is 7.53. The third kappa shape index (κ3) is 3.54. The molecule has 0 spiro atoms. The molecule has 0 aromatic carbocycles. The highest BCUT2D eigenvalue weighted by molar-refractivity contribution is 7.15. The maximum absolute atomic E-state index is 12.9. The van der Waals surface area contributed by atoms with Crippen molar-refractivity contribution in [3.05, 3.63) is 59.1 Å². The van der Waals surface area contributed by atoms with Gasteiger partial charge in [-0.15, -0.1) is 11.3 Å². The number of rotatable bonds is 4. The molecule has 1 aliphatic rings. The van der Waals surface area contributed by atoms with Gasteiger partial charge in [0, 0.05) is 50.0 Å². The molecule has 1 amide bonds. The van der Waals surface area contributed by atoms with Gasteiger partial charge in [0.25, 0.3) is 5.91 Å². The van der Waals surface area contributed by atoms with Crippen LogP contribution in [-0.2, 0) is 6.54 Å². The summed E-state index contributed by atoms with van der Waals surface area (Å²) < 4.78 is 5.39. The molecule has 0 atom stereocenters. The van der Waals surface area contributed by atoms with Gasteiger partial charge in [0.05, 0.1) is 6.26 Å². The zero-order valence-electron chi connectivity index (χ0n) is 14.6. The summed E-state index contributed by atoms with van der Waals surface area (Å²) in [6.45, 7) is 5.95. The Balaban J connectivity index is 1.39. The molecular weight excluding hydrogens is 348 g/mol. The number of amides is 1. The number of aryl methyl sites for hydroxylation is 1. The first-order valence-corrected chi connectivity index (χ1v) is 9.44. The van der Waals surface area contributed by atoms with Gasteiger partial charge in [0.1, 0.15) is 5.69 Å². The van der Waals surface area contributed by atoms with Crippen LogP contribution >= 0.6 is 11.3 Å². The van der Waals surface area contributed by atoms with E-state index in [1.807, 2.05) is 36.2 Å². The molecule has 0 radical (unpaired) electrons. The summed E-state index contributed by atoms with van der Waals surface area (Å²) in [5, 5.41) is 0.756. The van der Waals surface area contributed by atoms with E-state index >= 15 is 0 Å². The zero-order valence-corrected chi connectivity index (χ0v) is 15.4. The lowest BCUT2D eigenvalue weighted by Gasteiger charge is -2.34. The molecule has 1 fully saturated rings. The summed E-state index contributed by atoms with van der Waals surface area (Å²) in [7, 11) is 0. The van der Waals surface area contributed by atoms with E-state index in [0.717, 1.165) is 29.5 Å². The maximum atomic E-state index is 12.9. The minimum absolute atomic E-state index is 0.0117. The van der Waals surface area contributed by atoms with Gasteiger partial charge >= 0.3 is 0 Å². The number of carbonyl (C=O) groups excluding carboxylic acids is 1. The Morgan fingerprint density at radius 2 is 2.08 bits per heavy atom. The van der Waals surface area contributed by atoms with Gasteiger partial charge < -0.3 is 9.32 Å². The molecule has 0 saturated carbocycles. The molecule has 1 aliphatic heterocycles. The number of aromatic nitrogens is 2. The third-order valence-corrected chi connectivity index (χ3v) is 5.50. The summed E-state index contributed by atoms with van der Waals surface area (Å²) in [6.07, 6.45) is 5.30. The van der Waals surface area contributed by atoms with E-state index in [-0.39, 0.29) is 5.91 Å². The molecule has 6 nitrogen and oxygen atoms in total. The quantitative estimate of drug-likeness (QED) is 0.708. The molecule has 7 heteroatoms. The van der Waals surface area contributed by atoms with Crippen LogP contribution in [0.5, 0.6) is 0 Å². The predicted molar refractivity (Wildman–Crippen MR) is 100.0 cm³/mol. The Hall–Kier alpha value is -2.51. The number of hydrogen-bond donors (Lipinski definition) is 0. The van der Waals surface area contributed by atoms with Gasteiger partial charge in [-0.3, -0.25) is 14.7 Å². The topological polar surface area (TPSA) is 62.5 Å². The van der Waals surface area contributed by atoms with E-state index in [9.17, 15) is 4.79 Å². The lowest BCUT2D eigenvalue weighted by molar-refractivity contribution is 0.0623. The third-order valence-electron chi connectivity index (χ3n) is 4.52. The molecule has 1 saturated heterocycles. The van der Waals surface area contributed by atoms with Gasteiger partial charge in [-0.25, -0.2) is 4.98 Å². The van der Waals surface area contributed by atoms with Crippen LogP contribution in [0.15, 0.2) is 47.3 Å². The molecule has 4 heterocycles. The fourth-order valence-corrected chi connectivity index (χ4v) is 3.98. The summed E-state index contributed by atoms with van der Waals surface area (Å²) in [6, 6.07) is 7.73. The molecule has 3 aromatic rings. The Labute approximate surface area is 156 Å². The number of piperazine rings is 1. The van der Waals surface area contributed by atoms with E-state index < -0.39 is 0 Å². The second kappa shape index (κ2) is 7.39. The fraction of sp³-hybridized carbons (Fsp3) is 0.316. The van der Waals surface area contributed by atoms with Crippen LogP contribution in [0.3, 0.4) is 0 Å². The molecule has 0 aliphatic carbocycles. The van der Waals surface area contributed by atoms with E-state index in [4.69, 9.17) is 4.42 Å². The normalized spacial score (nSPS) is 15.3. The molecular formula is C19H20N4O2S. The SMILES string of the molecule is Cc1sc(-c2ccco2)nc1C(=O)N1CCN(Cc2cccnc2)CC1. The van der Waals surface area contributed by atoms with Crippen molar-refractivity contribution < 1.29 is 9.21 Å². The summed E-state index contributed by atoms with van der Waals surface area (Å²) >= 11 is 1.50. The van der Waals surface area contributed by atoms with Crippen LogP contribution in [-0.4, -0.2) is 51.9 Å². The number of nitrogens with zero attached hydrogens (tertiary/aromatic N) is 4. The van der Waals surface area contributed by atoms with Crippen LogP contribution in [0.4, 0.5) is 0 Å². The smallest absolute Gasteiger partial charge is 0.273 e. The molecule has 0 N–H and O–H groups in total. The van der Waals surface area contributed by atoms with Crippen molar-refractivity contribution in [1.82, 2.24) is 19.8 Å². The molecule has 0 unspecified atom stereocenters. The highest BCUT2D eigenvalue weighted by Gasteiger charge is 2.26. The average Bonchev–Trinajstić information content (AvgIpc) is 3.32. The first-order valence-electron chi connectivity index (χ1n) is 8.62. The van der Waals surface area contributed by atoms with Gasteiger partial charge in [-0.2, -0.15) is 0 Å². The van der Waals surface area contributed by atoms with Crippen LogP contribution < -0.4 is 0 Å². The minimum atomic E-state index is 0.0117. The van der Waals surface area contributed by atoms with Crippen molar-refractivity contribution in [2.45, 2.75) is 13.5 Å². The standard InChI is InChI=1S/C19H20N4O2S/c1-14-17(21-18(26-14)16-5-3-11-25-16)19(24)23-9-7-22(8-10-23)13-15-4-2-6-20-12-15/h2-6,11-12H,7-10,13H2,1H3. The van der Waals surface area contributed by atoms with E-state index in [1.165, 1.54) is 16.9 Å². The average molecular weight is 368 g/mol. The number of furan rings is 1. The van der Waals surface area contributed by atoms with Gasteiger partial charge in [0.15, 0.2) is 10.8 Å². The van der Waals surface area contributed by atoms with Crippen molar-refractivity contribution in [3.8, 4) is 10.8 Å². The van der Waals surface area contributed by atoms with Crippen molar-refractivity contribution in [1.29, 1.82) is 0 Å². The van der Waals surface area contributed by atoms with Crippen LogP contribution in [0.25, 0.3) is 10.8 Å². The van der Waals surface area contributed by atoms with Crippen molar-refractivity contribution in [2.75, 3.05) is 26.2 Å². The number of hydrogen-bond acceptors (Lipinski definition) is 6. The highest BCUT2D eigenvalue weighted by atomic mass is 32.1. The number of carbonyl (C=O) groups is 1. The van der Waals surface area contributed by atoms with Gasteiger partial charge in [-0.05, 0) is 30.7 Å². The first-order chi connectivity index (χ1) is 12.7. The molecule has 134 valence electrons. The van der Waals surface area contributed by atoms with E-state index in [2.05, 4.69) is 20.9 Å². The van der Waals surface area contributed by atoms with Crippen molar-refractivity contribution in [3.63, 3.8) is 0 Å². The van der Waals surface area contributed by atoms with Crippen molar-refractivity contribution in [2.24, 2.45) is 0 Å². The molecule has 0 bridgehead atoms. The number of pyridine rings is 1. The summed E-state index contributed by atoms with van der Waals surface area (Å²) in [4.78, 5) is 26.7. The lowest BCUT2D eigenvalue weighted by Crippen LogP contribution is -2.48. The largest absolute Gasteiger partial charge is 0.462 e. The zero-order chi connectivity index (χ0) is 17.9. The highest BCUT2D eigenvalue weighted by Crippen LogP contribution is 2.28. The molecule has 26 heavy (non-hydrogen) atoms. The number of thiazole rings is 1. The monoisotopic (exact) mass is 368 g/mol. The first kappa shape index (κ1) is 16.9. The Kier molecular flexibility index (Phi) is 4.81. The minimum Gasteiger partial charge on any atom is -0.462 e. The van der Waals surface area contributed by atoms with Gasteiger partial charge in [0.2, 0.25) is 0 Å². The van der Waals surface area contributed by atoms with Crippen LogP contribution in [0, 0.1) is 6.92 Å². The lowest BCUT2D eigenvalue weighted by atomic mass is 10.2. The maximum Gasteiger partial charge on any atom is 0.273 e. The fourth-order valence-electron chi connectivity index (χ4n) is 3.11. The predicted octanol–water partition coefficient (Wildman–Crippen LogP) is 3.06. The van der Waals surface area contributed by atoms with Crippen molar-refractivity contribution >= 4 is 17.2 Å². The van der Waals surface area contributed by atoms with Crippen LogP contribution in [0.2, 0.25) is 0 Å². The second-order valence-electron chi connectivity index (χ2n) is 6.33. The molecule has 3 aromatic heterocycles. The van der Waals surface area contributed by atoms with E-state index in [1.54, 1.807) is 12.5 Å². The molecule has 4 rings (SSSR count). The summed E-state index contributed by atoms with van der Waals surface area (Å²) in [5.74, 6) is 0.719. The van der Waals surface area contributed by atoms with E-state index in [0.29, 0.717) is 24.5 Å². The van der Waals surface area contributed by atoms with Gasteiger partial charge in [-0.1, -0.05) is 6.07 Å². The summed E-state index contributed by atoms with van der Waals surface area (Å²) in [5.41, 5.74) is 1.74. The Morgan fingerprint density at radius 3 is 2.77 bits per heavy atom. The Bertz CT molecular complexity index is 868.